The number of nitro groups is 1. The Balaban J connectivity index is 1.93. The summed E-state index contributed by atoms with van der Waals surface area (Å²) in [5.41, 5.74) is -0.764. The molecule has 0 aliphatic carbocycles. The lowest BCUT2D eigenvalue weighted by Gasteiger charge is -2.09. The molecule has 0 atom stereocenters. The molecule has 0 fully saturated rings. The fourth-order valence-electron chi connectivity index (χ4n) is 2.39. The first-order valence-corrected chi connectivity index (χ1v) is 7.39. The van der Waals surface area contributed by atoms with Gasteiger partial charge in [0, 0.05) is 12.7 Å². The van der Waals surface area contributed by atoms with Crippen molar-refractivity contribution in [2.75, 3.05) is 5.32 Å². The third kappa shape index (κ3) is 3.58. The summed E-state index contributed by atoms with van der Waals surface area (Å²) in [6.45, 7) is -2.93. The topological polar surface area (TPSA) is 98.8 Å². The predicted octanol–water partition coefficient (Wildman–Crippen LogP) is 2.82. The molecule has 0 saturated heterocycles. The fraction of sp³-hybridized carbons (Fsp3) is 0.125. The van der Waals surface area contributed by atoms with Crippen LogP contribution in [0.15, 0.2) is 53.5 Å². The number of aromatic nitrogens is 2. The van der Waals surface area contributed by atoms with Gasteiger partial charge in [0.25, 0.3) is 0 Å². The summed E-state index contributed by atoms with van der Waals surface area (Å²) in [4.78, 5) is 26.9. The van der Waals surface area contributed by atoms with Crippen LogP contribution in [0.3, 0.4) is 0 Å². The number of nitrogens with one attached hydrogen (secondary N) is 1. The van der Waals surface area contributed by atoms with Crippen molar-refractivity contribution in [2.45, 2.75) is 13.2 Å². The maximum absolute atomic E-state index is 12.3. The van der Waals surface area contributed by atoms with Crippen molar-refractivity contribution in [2.24, 2.45) is 0 Å². The lowest BCUT2D eigenvalue weighted by Crippen LogP contribution is -2.21. The van der Waals surface area contributed by atoms with Crippen LogP contribution in [0.5, 0.6) is 5.75 Å². The van der Waals surface area contributed by atoms with E-state index in [1.54, 1.807) is 18.2 Å². The molecular formula is C16H12F2N4O4. The summed E-state index contributed by atoms with van der Waals surface area (Å²) in [5, 5.41) is 14.0. The molecule has 0 amide bonds. The molecule has 10 heteroatoms. The lowest BCUT2D eigenvalue weighted by molar-refractivity contribution is -0.385. The van der Waals surface area contributed by atoms with E-state index in [2.05, 4.69) is 15.0 Å². The highest BCUT2D eigenvalue weighted by Crippen LogP contribution is 2.21. The van der Waals surface area contributed by atoms with Gasteiger partial charge in [-0.3, -0.25) is 19.3 Å². The number of hydrogen-bond acceptors (Lipinski definition) is 6. The minimum absolute atomic E-state index is 0.0245. The Hall–Kier alpha value is -3.56. The molecule has 0 saturated carbocycles. The highest BCUT2D eigenvalue weighted by Gasteiger charge is 2.23. The Bertz CT molecular complexity index is 1020. The maximum atomic E-state index is 12.3. The van der Waals surface area contributed by atoms with E-state index >= 15 is 0 Å². The number of anilines is 1. The van der Waals surface area contributed by atoms with Crippen LogP contribution in [-0.2, 0) is 6.54 Å². The van der Waals surface area contributed by atoms with Crippen LogP contribution < -0.4 is 15.6 Å². The molecule has 0 spiro atoms. The molecule has 8 nitrogen and oxygen atoms in total. The highest BCUT2D eigenvalue weighted by molar-refractivity contribution is 5.60. The predicted molar refractivity (Wildman–Crippen MR) is 88.5 cm³/mol. The Labute approximate surface area is 144 Å². The first-order chi connectivity index (χ1) is 12.5. The minimum Gasteiger partial charge on any atom is -0.435 e. The van der Waals surface area contributed by atoms with Crippen LogP contribution >= 0.6 is 0 Å². The number of halogens is 2. The van der Waals surface area contributed by atoms with Gasteiger partial charge in [0.15, 0.2) is 0 Å². The molecule has 0 bridgehead atoms. The van der Waals surface area contributed by atoms with Crippen molar-refractivity contribution in [1.82, 2.24) is 9.38 Å². The van der Waals surface area contributed by atoms with Gasteiger partial charge >= 0.3 is 17.9 Å². The number of benzene rings is 1. The van der Waals surface area contributed by atoms with Gasteiger partial charge in [0.05, 0.1) is 4.92 Å². The summed E-state index contributed by atoms with van der Waals surface area (Å²) in [6, 6.07) is 10.6. The summed E-state index contributed by atoms with van der Waals surface area (Å²) >= 11 is 0. The average molecular weight is 362 g/mol. The number of alkyl halides is 2. The normalized spacial score (nSPS) is 10.9. The Kier molecular flexibility index (Phi) is 4.74. The van der Waals surface area contributed by atoms with E-state index in [-0.39, 0.29) is 23.8 Å². The van der Waals surface area contributed by atoms with Gasteiger partial charge in [-0.2, -0.15) is 8.78 Å². The van der Waals surface area contributed by atoms with E-state index < -0.39 is 22.8 Å². The molecule has 1 N–H and O–H groups in total. The molecule has 0 aliphatic heterocycles. The first kappa shape index (κ1) is 17.3. The van der Waals surface area contributed by atoms with Crippen LogP contribution in [0, 0.1) is 10.1 Å². The minimum atomic E-state index is -2.96. The van der Waals surface area contributed by atoms with Crippen molar-refractivity contribution in [3.8, 4) is 5.75 Å². The van der Waals surface area contributed by atoms with Gasteiger partial charge in [0.1, 0.15) is 11.4 Å². The lowest BCUT2D eigenvalue weighted by atomic mass is 10.2. The second kappa shape index (κ2) is 7.13. The zero-order valence-corrected chi connectivity index (χ0v) is 13.1. The number of ether oxygens (including phenoxy) is 1. The fourth-order valence-corrected chi connectivity index (χ4v) is 2.39. The quantitative estimate of drug-likeness (QED) is 0.535. The standard InChI is InChI=1S/C16H12F2N4O4/c17-16(18)26-11-5-3-4-10(8-11)9-19-14-13(22(24)25)15(23)21-7-2-1-6-12(21)20-14/h1-8,16,19H,9H2. The SMILES string of the molecule is O=c1c([N+](=O)[O-])c(NCc2cccc(OC(F)F)c2)nc2ccccn12. The van der Waals surface area contributed by atoms with Crippen LogP contribution in [0.4, 0.5) is 20.3 Å². The number of pyridine rings is 1. The maximum Gasteiger partial charge on any atom is 0.387 e. The summed E-state index contributed by atoms with van der Waals surface area (Å²) < 4.78 is 29.9. The smallest absolute Gasteiger partial charge is 0.387 e. The van der Waals surface area contributed by atoms with Crippen LogP contribution in [-0.4, -0.2) is 20.9 Å². The number of fused-ring (bicyclic) bond motifs is 1. The van der Waals surface area contributed by atoms with Crippen molar-refractivity contribution < 1.29 is 18.4 Å². The molecule has 3 rings (SSSR count). The van der Waals surface area contributed by atoms with Crippen LogP contribution in [0.25, 0.3) is 5.65 Å². The van der Waals surface area contributed by atoms with E-state index in [1.807, 2.05) is 0 Å². The van der Waals surface area contributed by atoms with Gasteiger partial charge in [-0.05, 0) is 29.8 Å². The zero-order chi connectivity index (χ0) is 18.7. The molecule has 2 aromatic heterocycles. The average Bonchev–Trinajstić information content (AvgIpc) is 2.59. The molecule has 26 heavy (non-hydrogen) atoms. The molecule has 3 aromatic rings. The molecule has 2 heterocycles. The molecule has 1 aromatic carbocycles. The second-order valence-electron chi connectivity index (χ2n) is 5.18. The summed E-state index contributed by atoms with van der Waals surface area (Å²) in [5.74, 6) is -0.244. The van der Waals surface area contributed by atoms with Crippen LogP contribution in [0.2, 0.25) is 0 Å². The van der Waals surface area contributed by atoms with Gasteiger partial charge < -0.3 is 10.1 Å². The Morgan fingerprint density at radius 2 is 2.08 bits per heavy atom. The van der Waals surface area contributed by atoms with Crippen molar-refractivity contribution in [1.29, 1.82) is 0 Å². The second-order valence-corrected chi connectivity index (χ2v) is 5.18. The van der Waals surface area contributed by atoms with E-state index in [0.717, 1.165) is 4.40 Å². The summed E-state index contributed by atoms with van der Waals surface area (Å²) in [6.07, 6.45) is 1.38. The van der Waals surface area contributed by atoms with Crippen molar-refractivity contribution in [3.05, 3.63) is 74.7 Å². The molecule has 0 radical (unpaired) electrons. The van der Waals surface area contributed by atoms with E-state index in [1.165, 1.54) is 30.5 Å². The molecular weight excluding hydrogens is 350 g/mol. The molecule has 0 unspecified atom stereocenters. The third-order valence-corrected chi connectivity index (χ3v) is 3.48. The van der Waals surface area contributed by atoms with E-state index in [0.29, 0.717) is 5.56 Å². The van der Waals surface area contributed by atoms with Crippen molar-refractivity contribution in [3.63, 3.8) is 0 Å². The van der Waals surface area contributed by atoms with Gasteiger partial charge in [-0.15, -0.1) is 0 Å². The van der Waals surface area contributed by atoms with E-state index in [4.69, 9.17) is 0 Å². The van der Waals surface area contributed by atoms with Gasteiger partial charge in [-0.1, -0.05) is 18.2 Å². The highest BCUT2D eigenvalue weighted by atomic mass is 19.3. The number of hydrogen-bond donors (Lipinski definition) is 1. The van der Waals surface area contributed by atoms with Gasteiger partial charge in [0.2, 0.25) is 5.82 Å². The van der Waals surface area contributed by atoms with E-state index in [9.17, 15) is 23.7 Å². The van der Waals surface area contributed by atoms with Crippen LogP contribution in [0.1, 0.15) is 5.56 Å². The monoisotopic (exact) mass is 362 g/mol. The molecule has 134 valence electrons. The van der Waals surface area contributed by atoms with Crippen molar-refractivity contribution >= 4 is 17.2 Å². The van der Waals surface area contributed by atoms with Gasteiger partial charge in [-0.25, -0.2) is 4.98 Å². The molecule has 0 aliphatic rings. The Morgan fingerprint density at radius 3 is 2.81 bits per heavy atom. The third-order valence-electron chi connectivity index (χ3n) is 3.48. The Morgan fingerprint density at radius 1 is 1.27 bits per heavy atom. The number of rotatable bonds is 6. The summed E-state index contributed by atoms with van der Waals surface area (Å²) in [7, 11) is 0. The largest absolute Gasteiger partial charge is 0.435 e. The first-order valence-electron chi connectivity index (χ1n) is 7.39. The zero-order valence-electron chi connectivity index (χ0n) is 13.1. The number of nitrogens with zero attached hydrogens (tertiary/aromatic N) is 3.